The fourth-order valence-electron chi connectivity index (χ4n) is 4.28. The first-order valence-electron chi connectivity index (χ1n) is 10.2. The third kappa shape index (κ3) is 3.24. The molecule has 0 aliphatic carbocycles. The van der Waals surface area contributed by atoms with Crippen molar-refractivity contribution < 1.29 is 24.2 Å². The Labute approximate surface area is 183 Å². The van der Waals surface area contributed by atoms with E-state index in [-0.39, 0.29) is 23.6 Å². The number of phenolic OH excluding ortho intramolecular Hbond substituents is 1. The number of hydrogen-bond acceptors (Lipinski definition) is 5. The lowest BCUT2D eigenvalue weighted by Crippen LogP contribution is -2.33. The fraction of sp³-hybridized carbons (Fsp3) is 0.120. The smallest absolute Gasteiger partial charge is 0.290 e. The highest BCUT2D eigenvalue weighted by Crippen LogP contribution is 2.40. The van der Waals surface area contributed by atoms with E-state index >= 15 is 0 Å². The molecule has 0 spiro atoms. The van der Waals surface area contributed by atoms with Crippen LogP contribution in [0.3, 0.4) is 0 Å². The number of ketones is 1. The number of H-pyrrole nitrogens is 1. The van der Waals surface area contributed by atoms with E-state index in [1.54, 1.807) is 18.2 Å². The molecule has 32 heavy (non-hydrogen) atoms. The third-order valence-electron chi connectivity index (χ3n) is 5.78. The molecule has 2 aromatic heterocycles. The normalized spacial score (nSPS) is 16.3. The Hall–Kier alpha value is -4.26. The highest BCUT2D eigenvalue weighted by Gasteiger charge is 2.44. The van der Waals surface area contributed by atoms with Crippen LogP contribution in [0.1, 0.15) is 27.7 Å². The minimum atomic E-state index is -0.850. The van der Waals surface area contributed by atoms with Crippen molar-refractivity contribution >= 4 is 22.6 Å². The van der Waals surface area contributed by atoms with Gasteiger partial charge < -0.3 is 24.5 Å². The summed E-state index contributed by atoms with van der Waals surface area (Å²) in [6.45, 7) is 0.264. The van der Waals surface area contributed by atoms with Gasteiger partial charge >= 0.3 is 0 Å². The zero-order valence-electron chi connectivity index (χ0n) is 17.0. The molecule has 0 fully saturated rings. The van der Waals surface area contributed by atoms with E-state index in [0.717, 1.165) is 16.5 Å². The average Bonchev–Trinajstić information content (AvgIpc) is 3.52. The maximum atomic E-state index is 13.1. The summed E-state index contributed by atoms with van der Waals surface area (Å²) in [5.41, 5.74) is 2.48. The summed E-state index contributed by atoms with van der Waals surface area (Å²) in [7, 11) is 0. The van der Waals surface area contributed by atoms with Crippen molar-refractivity contribution in [2.45, 2.75) is 12.5 Å². The summed E-state index contributed by atoms with van der Waals surface area (Å²) in [5.74, 6) is -1.76. The number of aliphatic hydroxyl groups excluding tert-OH is 1. The van der Waals surface area contributed by atoms with Gasteiger partial charge in [-0.25, -0.2) is 0 Å². The maximum absolute atomic E-state index is 13.1. The SMILES string of the molecule is O=C(C1=C(O)C(=O)N(CCc2c[nH]c3ccccc23)C1c1cccc(O)c1)c1ccco1. The minimum absolute atomic E-state index is 0.00251. The molecule has 1 amide bonds. The molecule has 0 saturated heterocycles. The number of hydrogen-bond donors (Lipinski definition) is 3. The second-order valence-electron chi connectivity index (χ2n) is 7.67. The van der Waals surface area contributed by atoms with E-state index in [9.17, 15) is 19.8 Å². The van der Waals surface area contributed by atoms with E-state index in [0.29, 0.717) is 12.0 Å². The summed E-state index contributed by atoms with van der Waals surface area (Å²) >= 11 is 0. The van der Waals surface area contributed by atoms with E-state index in [4.69, 9.17) is 4.42 Å². The number of Topliss-reactive ketones (excluding diaryl/α,β-unsaturated/α-hetero) is 1. The molecule has 1 aliphatic heterocycles. The standard InChI is InChI=1S/C25H20N2O5/c28-17-6-3-5-15(13-17)22-21(23(29)20-9-4-12-32-20)24(30)25(31)27(22)11-10-16-14-26-19-8-2-1-7-18(16)19/h1-9,12-14,22,26,28,30H,10-11H2. The van der Waals surface area contributed by atoms with Crippen LogP contribution in [-0.4, -0.2) is 38.3 Å². The van der Waals surface area contributed by atoms with Gasteiger partial charge in [-0.05, 0) is 47.9 Å². The molecule has 1 unspecified atom stereocenters. The van der Waals surface area contributed by atoms with Crippen molar-refractivity contribution in [2.24, 2.45) is 0 Å². The van der Waals surface area contributed by atoms with Crippen molar-refractivity contribution in [3.8, 4) is 5.75 Å². The predicted molar refractivity (Wildman–Crippen MR) is 117 cm³/mol. The molecule has 5 rings (SSSR count). The van der Waals surface area contributed by atoms with Crippen molar-refractivity contribution in [3.63, 3.8) is 0 Å². The number of carbonyl (C=O) groups is 2. The number of fused-ring (bicyclic) bond motifs is 1. The van der Waals surface area contributed by atoms with E-state index in [2.05, 4.69) is 4.98 Å². The molecular weight excluding hydrogens is 408 g/mol. The van der Waals surface area contributed by atoms with E-state index in [1.807, 2.05) is 30.5 Å². The molecule has 7 heteroatoms. The topological polar surface area (TPSA) is 107 Å². The lowest BCUT2D eigenvalue weighted by atomic mass is 9.94. The van der Waals surface area contributed by atoms with Crippen LogP contribution in [0, 0.1) is 0 Å². The number of nitrogens with zero attached hydrogens (tertiary/aromatic N) is 1. The lowest BCUT2D eigenvalue weighted by molar-refractivity contribution is -0.129. The summed E-state index contributed by atoms with van der Waals surface area (Å²) in [4.78, 5) is 30.9. The predicted octanol–water partition coefficient (Wildman–Crippen LogP) is 4.29. The molecule has 1 aliphatic rings. The summed E-state index contributed by atoms with van der Waals surface area (Å²) in [6.07, 6.45) is 3.77. The number of carbonyl (C=O) groups excluding carboxylic acids is 2. The molecule has 1 atom stereocenters. The Morgan fingerprint density at radius 2 is 1.91 bits per heavy atom. The number of aromatic nitrogens is 1. The number of amides is 1. The zero-order chi connectivity index (χ0) is 22.2. The third-order valence-corrected chi connectivity index (χ3v) is 5.78. The van der Waals surface area contributed by atoms with Gasteiger partial charge in [0.2, 0.25) is 5.78 Å². The molecule has 160 valence electrons. The molecular formula is C25H20N2O5. The van der Waals surface area contributed by atoms with Crippen molar-refractivity contribution in [1.29, 1.82) is 0 Å². The summed E-state index contributed by atoms with van der Waals surface area (Å²) < 4.78 is 5.22. The number of benzene rings is 2. The van der Waals surface area contributed by atoms with Gasteiger partial charge in [-0.3, -0.25) is 9.59 Å². The van der Waals surface area contributed by atoms with Crippen LogP contribution in [-0.2, 0) is 11.2 Å². The van der Waals surface area contributed by atoms with Gasteiger partial charge in [-0.15, -0.1) is 0 Å². The van der Waals surface area contributed by atoms with Gasteiger partial charge in [-0.2, -0.15) is 0 Å². The second-order valence-corrected chi connectivity index (χ2v) is 7.67. The Morgan fingerprint density at radius 3 is 2.69 bits per heavy atom. The Morgan fingerprint density at radius 1 is 1.06 bits per heavy atom. The van der Waals surface area contributed by atoms with Crippen LogP contribution in [0.5, 0.6) is 5.75 Å². The van der Waals surface area contributed by atoms with Gasteiger partial charge in [0.25, 0.3) is 5.91 Å². The van der Waals surface area contributed by atoms with Crippen LogP contribution in [0.2, 0.25) is 0 Å². The van der Waals surface area contributed by atoms with Crippen molar-refractivity contribution in [3.05, 3.63) is 101 Å². The first-order valence-corrected chi connectivity index (χ1v) is 10.2. The van der Waals surface area contributed by atoms with Gasteiger partial charge in [0, 0.05) is 23.6 Å². The van der Waals surface area contributed by atoms with Crippen molar-refractivity contribution in [1.82, 2.24) is 9.88 Å². The highest BCUT2D eigenvalue weighted by atomic mass is 16.3. The van der Waals surface area contributed by atoms with Gasteiger partial charge in [0.1, 0.15) is 5.75 Å². The van der Waals surface area contributed by atoms with Gasteiger partial charge in [0.05, 0.1) is 17.9 Å². The van der Waals surface area contributed by atoms with Crippen LogP contribution in [0.25, 0.3) is 10.9 Å². The van der Waals surface area contributed by atoms with E-state index in [1.165, 1.54) is 29.4 Å². The monoisotopic (exact) mass is 428 g/mol. The van der Waals surface area contributed by atoms with Crippen molar-refractivity contribution in [2.75, 3.05) is 6.54 Å². The number of phenols is 1. The van der Waals surface area contributed by atoms with Gasteiger partial charge in [-0.1, -0.05) is 30.3 Å². The molecule has 0 saturated carbocycles. The number of aromatic amines is 1. The number of para-hydroxylation sites is 1. The van der Waals surface area contributed by atoms with Crippen LogP contribution in [0.4, 0.5) is 0 Å². The number of aliphatic hydroxyl groups is 1. The summed E-state index contributed by atoms with van der Waals surface area (Å²) in [5, 5.41) is 21.7. The first-order chi connectivity index (χ1) is 15.5. The number of rotatable bonds is 6. The van der Waals surface area contributed by atoms with Gasteiger partial charge in [0.15, 0.2) is 11.5 Å². The Kier molecular flexibility index (Phi) is 4.78. The molecule has 4 aromatic rings. The molecule has 0 bridgehead atoms. The number of aromatic hydroxyl groups is 1. The number of nitrogens with one attached hydrogen (secondary N) is 1. The Bertz CT molecular complexity index is 1350. The van der Waals surface area contributed by atoms with Crippen LogP contribution >= 0.6 is 0 Å². The largest absolute Gasteiger partial charge is 0.508 e. The quantitative estimate of drug-likeness (QED) is 0.397. The second kappa shape index (κ2) is 7.77. The molecule has 3 heterocycles. The average molecular weight is 428 g/mol. The summed E-state index contributed by atoms with van der Waals surface area (Å²) in [6, 6.07) is 16.4. The van der Waals surface area contributed by atoms with Crippen LogP contribution in [0.15, 0.2) is 88.9 Å². The molecule has 7 nitrogen and oxygen atoms in total. The first kappa shape index (κ1) is 19.7. The maximum Gasteiger partial charge on any atom is 0.290 e. The minimum Gasteiger partial charge on any atom is -0.508 e. The molecule has 0 radical (unpaired) electrons. The number of furan rings is 1. The Balaban J connectivity index is 1.52. The zero-order valence-corrected chi connectivity index (χ0v) is 17.0. The fourth-order valence-corrected chi connectivity index (χ4v) is 4.28. The lowest BCUT2D eigenvalue weighted by Gasteiger charge is -2.26. The molecule has 2 aromatic carbocycles. The van der Waals surface area contributed by atoms with E-state index < -0.39 is 23.5 Å². The van der Waals surface area contributed by atoms with Crippen LogP contribution < -0.4 is 0 Å². The highest BCUT2D eigenvalue weighted by molar-refractivity contribution is 6.15. The molecule has 3 N–H and O–H groups in total.